The molecule has 1 aromatic carbocycles. The first kappa shape index (κ1) is 14.6. The van der Waals surface area contributed by atoms with Crippen molar-refractivity contribution in [2.45, 2.75) is 33.2 Å². The maximum atomic E-state index is 12.4. The number of benzene rings is 1. The van der Waals surface area contributed by atoms with E-state index in [2.05, 4.69) is 24.3 Å². The Hall–Kier alpha value is -1.81. The number of rotatable bonds is 4. The van der Waals surface area contributed by atoms with Crippen molar-refractivity contribution in [1.29, 1.82) is 0 Å². The molecule has 0 unspecified atom stereocenters. The van der Waals surface area contributed by atoms with Gasteiger partial charge in [0.2, 0.25) is 0 Å². The van der Waals surface area contributed by atoms with Crippen molar-refractivity contribution < 1.29 is 4.79 Å². The molecule has 0 aliphatic rings. The maximum absolute atomic E-state index is 12.4. The highest BCUT2D eigenvalue weighted by Crippen LogP contribution is 2.25. The third-order valence-electron chi connectivity index (χ3n) is 3.14. The number of aryl methyl sites for hydroxylation is 1. The molecule has 0 saturated carbocycles. The molecule has 0 atom stereocenters. The molecule has 0 saturated heterocycles. The van der Waals surface area contributed by atoms with Gasteiger partial charge in [0.05, 0.1) is 11.2 Å². The Bertz CT molecular complexity index is 619. The highest BCUT2D eigenvalue weighted by atomic mass is 35.5. The number of aromatic nitrogens is 2. The molecule has 2 rings (SSSR count). The minimum absolute atomic E-state index is 0.234. The monoisotopic (exact) mass is 291 g/mol. The number of carbonyl (C=O) groups is 1. The van der Waals surface area contributed by atoms with Crippen LogP contribution in [0.3, 0.4) is 0 Å². The van der Waals surface area contributed by atoms with Gasteiger partial charge in [0.1, 0.15) is 5.69 Å². The van der Waals surface area contributed by atoms with Gasteiger partial charge in [-0.3, -0.25) is 9.48 Å². The van der Waals surface area contributed by atoms with Crippen LogP contribution in [-0.4, -0.2) is 15.7 Å². The molecule has 0 bridgehead atoms. The predicted octanol–water partition coefficient (Wildman–Crippen LogP) is 3.93. The summed E-state index contributed by atoms with van der Waals surface area (Å²) >= 11 is 6.04. The highest BCUT2D eigenvalue weighted by Gasteiger charge is 2.18. The Morgan fingerprint density at radius 1 is 1.40 bits per heavy atom. The summed E-state index contributed by atoms with van der Waals surface area (Å²) in [5.74, 6) is 0.0977. The summed E-state index contributed by atoms with van der Waals surface area (Å²) in [4.78, 5) is 12.4. The Morgan fingerprint density at radius 3 is 2.75 bits per heavy atom. The van der Waals surface area contributed by atoms with E-state index in [0.29, 0.717) is 23.2 Å². The third-order valence-corrected chi connectivity index (χ3v) is 3.42. The number of nitrogens with one attached hydrogen (secondary N) is 1. The molecule has 1 heterocycles. The van der Waals surface area contributed by atoms with E-state index in [4.69, 9.17) is 11.6 Å². The van der Waals surface area contributed by atoms with Crippen molar-refractivity contribution in [3.05, 3.63) is 46.7 Å². The van der Waals surface area contributed by atoms with Crippen molar-refractivity contribution in [2.24, 2.45) is 0 Å². The van der Waals surface area contributed by atoms with Crippen LogP contribution in [-0.2, 0) is 6.54 Å². The second-order valence-corrected chi connectivity index (χ2v) is 5.26. The molecule has 0 aliphatic carbocycles. The Balaban J connectivity index is 2.31. The van der Waals surface area contributed by atoms with Crippen molar-refractivity contribution >= 4 is 23.2 Å². The van der Waals surface area contributed by atoms with E-state index in [1.54, 1.807) is 4.68 Å². The SMILES string of the molecule is CCn1ncc(Cl)c1C(=O)Nc1ccccc1C(C)C. The molecule has 106 valence electrons. The van der Waals surface area contributed by atoms with Crippen LogP contribution in [0.2, 0.25) is 5.02 Å². The van der Waals surface area contributed by atoms with Crippen LogP contribution in [0.1, 0.15) is 42.7 Å². The van der Waals surface area contributed by atoms with Gasteiger partial charge in [0.15, 0.2) is 0 Å². The van der Waals surface area contributed by atoms with E-state index >= 15 is 0 Å². The number of nitrogens with zero attached hydrogens (tertiary/aromatic N) is 2. The summed E-state index contributed by atoms with van der Waals surface area (Å²) in [5, 5.41) is 7.37. The van der Waals surface area contributed by atoms with E-state index in [1.165, 1.54) is 6.20 Å². The van der Waals surface area contributed by atoms with Gasteiger partial charge in [0.25, 0.3) is 5.91 Å². The number of hydrogen-bond donors (Lipinski definition) is 1. The van der Waals surface area contributed by atoms with Crippen molar-refractivity contribution in [3.63, 3.8) is 0 Å². The largest absolute Gasteiger partial charge is 0.320 e. The van der Waals surface area contributed by atoms with E-state index in [9.17, 15) is 4.79 Å². The van der Waals surface area contributed by atoms with Gasteiger partial charge in [-0.05, 0) is 24.5 Å². The lowest BCUT2D eigenvalue weighted by atomic mass is 10.0. The molecular formula is C15H18ClN3O. The first-order valence-corrected chi connectivity index (χ1v) is 7.04. The molecule has 0 spiro atoms. The molecule has 0 radical (unpaired) electrons. The zero-order valence-corrected chi connectivity index (χ0v) is 12.6. The van der Waals surface area contributed by atoms with Crippen LogP contribution in [0.4, 0.5) is 5.69 Å². The average molecular weight is 292 g/mol. The van der Waals surface area contributed by atoms with Gasteiger partial charge in [-0.15, -0.1) is 0 Å². The third kappa shape index (κ3) is 2.85. The summed E-state index contributed by atoms with van der Waals surface area (Å²) in [5.41, 5.74) is 2.31. The van der Waals surface area contributed by atoms with E-state index < -0.39 is 0 Å². The van der Waals surface area contributed by atoms with Gasteiger partial charge in [0, 0.05) is 12.2 Å². The van der Waals surface area contributed by atoms with E-state index in [0.717, 1.165) is 11.3 Å². The molecule has 4 nitrogen and oxygen atoms in total. The molecule has 0 aliphatic heterocycles. The number of anilines is 1. The van der Waals surface area contributed by atoms with Gasteiger partial charge in [-0.1, -0.05) is 43.6 Å². The second-order valence-electron chi connectivity index (χ2n) is 4.85. The fourth-order valence-corrected chi connectivity index (χ4v) is 2.35. The predicted molar refractivity (Wildman–Crippen MR) is 81.4 cm³/mol. The minimum Gasteiger partial charge on any atom is -0.320 e. The highest BCUT2D eigenvalue weighted by molar-refractivity contribution is 6.34. The van der Waals surface area contributed by atoms with Crippen LogP contribution >= 0.6 is 11.6 Å². The van der Waals surface area contributed by atoms with Crippen molar-refractivity contribution in [3.8, 4) is 0 Å². The molecule has 2 aromatic rings. The minimum atomic E-state index is -0.234. The number of amides is 1. The number of carbonyl (C=O) groups excluding carboxylic acids is 1. The van der Waals surface area contributed by atoms with Crippen LogP contribution in [0, 0.1) is 0 Å². The fraction of sp³-hybridized carbons (Fsp3) is 0.333. The lowest BCUT2D eigenvalue weighted by Crippen LogP contribution is -2.18. The molecule has 0 fully saturated rings. The average Bonchev–Trinajstić information content (AvgIpc) is 2.80. The second kappa shape index (κ2) is 6.09. The van der Waals surface area contributed by atoms with Crippen LogP contribution < -0.4 is 5.32 Å². The Morgan fingerprint density at radius 2 is 2.10 bits per heavy atom. The smallest absolute Gasteiger partial charge is 0.275 e. The van der Waals surface area contributed by atoms with Gasteiger partial charge >= 0.3 is 0 Å². The molecule has 5 heteroatoms. The summed E-state index contributed by atoms with van der Waals surface area (Å²) < 4.78 is 1.59. The lowest BCUT2D eigenvalue weighted by Gasteiger charge is -2.14. The van der Waals surface area contributed by atoms with Crippen LogP contribution in [0.25, 0.3) is 0 Å². The van der Waals surface area contributed by atoms with Gasteiger partial charge in [-0.2, -0.15) is 5.10 Å². The van der Waals surface area contributed by atoms with Gasteiger partial charge < -0.3 is 5.32 Å². The maximum Gasteiger partial charge on any atom is 0.275 e. The lowest BCUT2D eigenvalue weighted by molar-refractivity contribution is 0.101. The number of halogens is 1. The zero-order valence-electron chi connectivity index (χ0n) is 11.9. The fourth-order valence-electron chi connectivity index (χ4n) is 2.12. The van der Waals surface area contributed by atoms with Gasteiger partial charge in [-0.25, -0.2) is 0 Å². The first-order chi connectivity index (χ1) is 9.54. The van der Waals surface area contributed by atoms with Crippen LogP contribution in [0.5, 0.6) is 0 Å². The summed E-state index contributed by atoms with van der Waals surface area (Å²) in [6, 6.07) is 7.78. The molecule has 1 aromatic heterocycles. The standard InChI is InChI=1S/C15H18ClN3O/c1-4-19-14(12(16)9-17-19)15(20)18-13-8-6-5-7-11(13)10(2)3/h5-10H,4H2,1-3H3,(H,18,20). The van der Waals surface area contributed by atoms with E-state index in [1.807, 2.05) is 31.2 Å². The van der Waals surface area contributed by atoms with E-state index in [-0.39, 0.29) is 5.91 Å². The summed E-state index contributed by atoms with van der Waals surface area (Å²) in [6.07, 6.45) is 1.49. The number of para-hydroxylation sites is 1. The topological polar surface area (TPSA) is 46.9 Å². The zero-order chi connectivity index (χ0) is 14.7. The molecule has 20 heavy (non-hydrogen) atoms. The molecule has 1 amide bonds. The first-order valence-electron chi connectivity index (χ1n) is 6.66. The molecular weight excluding hydrogens is 274 g/mol. The Kier molecular flexibility index (Phi) is 4.45. The summed E-state index contributed by atoms with van der Waals surface area (Å²) in [6.45, 7) is 6.70. The molecule has 1 N–H and O–H groups in total. The number of hydrogen-bond acceptors (Lipinski definition) is 2. The Labute approximate surface area is 123 Å². The summed E-state index contributed by atoms with van der Waals surface area (Å²) in [7, 11) is 0. The van der Waals surface area contributed by atoms with Crippen molar-refractivity contribution in [1.82, 2.24) is 9.78 Å². The van der Waals surface area contributed by atoms with Crippen molar-refractivity contribution in [2.75, 3.05) is 5.32 Å². The normalized spacial score (nSPS) is 10.8. The van der Waals surface area contributed by atoms with Crippen LogP contribution in [0.15, 0.2) is 30.5 Å². The quantitative estimate of drug-likeness (QED) is 0.927.